The van der Waals surface area contributed by atoms with Gasteiger partial charge in [-0.1, -0.05) is 0 Å². The van der Waals surface area contributed by atoms with Crippen LogP contribution in [0.3, 0.4) is 0 Å². The number of imidazole rings is 1. The lowest BCUT2D eigenvalue weighted by molar-refractivity contribution is 0.0782. The van der Waals surface area contributed by atoms with E-state index in [0.29, 0.717) is 5.69 Å². The van der Waals surface area contributed by atoms with Crippen LogP contribution in [0.25, 0.3) is 5.65 Å². The van der Waals surface area contributed by atoms with E-state index in [-0.39, 0.29) is 0 Å². The molecule has 2 rings (SSSR count). The Hall–Kier alpha value is -1.55. The highest BCUT2D eigenvalue weighted by Gasteiger charge is 2.19. The zero-order valence-electron chi connectivity index (χ0n) is 10.1. The molecule has 86 valence electrons. The molecular weight excluding hydrogens is 202 g/mol. The average Bonchev–Trinajstić information content (AvgIpc) is 2.44. The van der Waals surface area contributed by atoms with Gasteiger partial charge in [0.2, 0.25) is 0 Å². The molecule has 2 heterocycles. The molecule has 0 saturated heterocycles. The van der Waals surface area contributed by atoms with Crippen LogP contribution in [-0.4, -0.2) is 14.5 Å². The molecule has 0 aliphatic carbocycles. The summed E-state index contributed by atoms with van der Waals surface area (Å²) >= 11 is 0. The maximum Gasteiger partial charge on any atom is 0.160 e. The van der Waals surface area contributed by atoms with Gasteiger partial charge in [-0.05, 0) is 33.8 Å². The third-order valence-electron chi connectivity index (χ3n) is 2.93. The van der Waals surface area contributed by atoms with Crippen molar-refractivity contribution in [2.45, 2.75) is 33.3 Å². The summed E-state index contributed by atoms with van der Waals surface area (Å²) in [7, 11) is 0. The smallest absolute Gasteiger partial charge is 0.160 e. The van der Waals surface area contributed by atoms with E-state index < -0.39 is 5.60 Å². The monoisotopic (exact) mass is 219 g/mol. The molecule has 0 aliphatic rings. The second-order valence-corrected chi connectivity index (χ2v) is 4.72. The predicted molar refractivity (Wildman–Crippen MR) is 64.3 cm³/mol. The highest BCUT2D eigenvalue weighted by Crippen LogP contribution is 2.25. The van der Waals surface area contributed by atoms with Crippen LogP contribution >= 0.6 is 0 Å². The molecule has 0 aromatic carbocycles. The van der Waals surface area contributed by atoms with Crippen LogP contribution in [0.4, 0.5) is 5.69 Å². The number of fused-ring (bicyclic) bond motifs is 1. The van der Waals surface area contributed by atoms with Crippen molar-refractivity contribution < 1.29 is 5.11 Å². The highest BCUT2D eigenvalue weighted by molar-refractivity contribution is 5.67. The molecule has 0 unspecified atom stereocenters. The summed E-state index contributed by atoms with van der Waals surface area (Å²) in [6, 6.07) is 1.78. The van der Waals surface area contributed by atoms with E-state index in [4.69, 9.17) is 5.73 Å². The fourth-order valence-electron chi connectivity index (χ4n) is 1.73. The summed E-state index contributed by atoms with van der Waals surface area (Å²) in [5, 5.41) is 9.98. The molecule has 0 atom stereocenters. The fraction of sp³-hybridized carbons (Fsp3) is 0.417. The van der Waals surface area contributed by atoms with Gasteiger partial charge in [-0.15, -0.1) is 0 Å². The van der Waals surface area contributed by atoms with Crippen molar-refractivity contribution in [1.82, 2.24) is 9.38 Å². The molecule has 4 heteroatoms. The van der Waals surface area contributed by atoms with Crippen molar-refractivity contribution in [3.8, 4) is 0 Å². The zero-order valence-corrected chi connectivity index (χ0v) is 10.1. The molecule has 16 heavy (non-hydrogen) atoms. The minimum atomic E-state index is -0.896. The minimum Gasteiger partial charge on any atom is -0.396 e. The van der Waals surface area contributed by atoms with E-state index >= 15 is 0 Å². The van der Waals surface area contributed by atoms with Gasteiger partial charge >= 0.3 is 0 Å². The van der Waals surface area contributed by atoms with Crippen LogP contribution in [0.2, 0.25) is 0 Å². The number of aliphatic hydroxyl groups is 1. The third-order valence-corrected chi connectivity index (χ3v) is 2.93. The van der Waals surface area contributed by atoms with Crippen molar-refractivity contribution in [3.63, 3.8) is 0 Å². The van der Waals surface area contributed by atoms with Crippen molar-refractivity contribution >= 4 is 11.3 Å². The van der Waals surface area contributed by atoms with E-state index in [1.54, 1.807) is 19.9 Å². The first kappa shape index (κ1) is 11.0. The van der Waals surface area contributed by atoms with E-state index in [0.717, 1.165) is 22.6 Å². The van der Waals surface area contributed by atoms with Gasteiger partial charge in [0.25, 0.3) is 0 Å². The van der Waals surface area contributed by atoms with Crippen molar-refractivity contribution in [1.29, 1.82) is 0 Å². The standard InChI is InChI=1S/C12H17N3O/c1-7-8(2)15-6-9(12(3,4)16)5-10(13)11(15)14-7/h5-6,16H,13H2,1-4H3. The molecule has 0 fully saturated rings. The summed E-state index contributed by atoms with van der Waals surface area (Å²) in [4.78, 5) is 4.39. The molecule has 3 N–H and O–H groups in total. The fourth-order valence-corrected chi connectivity index (χ4v) is 1.73. The Morgan fingerprint density at radius 1 is 1.38 bits per heavy atom. The first-order valence-electron chi connectivity index (χ1n) is 5.28. The van der Waals surface area contributed by atoms with Gasteiger partial charge in [0.1, 0.15) is 0 Å². The lowest BCUT2D eigenvalue weighted by Gasteiger charge is -2.18. The Kier molecular flexibility index (Phi) is 2.20. The van der Waals surface area contributed by atoms with Gasteiger partial charge < -0.3 is 15.2 Å². The van der Waals surface area contributed by atoms with Gasteiger partial charge in [0, 0.05) is 17.5 Å². The van der Waals surface area contributed by atoms with Crippen LogP contribution < -0.4 is 5.73 Å². The van der Waals surface area contributed by atoms with E-state index in [2.05, 4.69) is 4.98 Å². The van der Waals surface area contributed by atoms with Gasteiger partial charge in [0.05, 0.1) is 17.0 Å². The van der Waals surface area contributed by atoms with Crippen LogP contribution in [0.1, 0.15) is 30.8 Å². The largest absolute Gasteiger partial charge is 0.396 e. The normalized spacial score (nSPS) is 12.3. The van der Waals surface area contributed by atoms with Crippen molar-refractivity contribution in [2.75, 3.05) is 5.73 Å². The topological polar surface area (TPSA) is 63.5 Å². The van der Waals surface area contributed by atoms with Gasteiger partial charge in [-0.2, -0.15) is 0 Å². The molecule has 0 amide bonds. The van der Waals surface area contributed by atoms with Crippen LogP contribution in [-0.2, 0) is 5.60 Å². The molecule has 0 bridgehead atoms. The number of nitrogen functional groups attached to an aromatic ring is 1. The van der Waals surface area contributed by atoms with Crippen LogP contribution in [0, 0.1) is 13.8 Å². The summed E-state index contributed by atoms with van der Waals surface area (Å²) in [6.45, 7) is 7.42. The first-order chi connectivity index (χ1) is 7.30. The van der Waals surface area contributed by atoms with Gasteiger partial charge in [0.15, 0.2) is 5.65 Å². The maximum atomic E-state index is 9.98. The Morgan fingerprint density at radius 2 is 2.00 bits per heavy atom. The molecule has 0 spiro atoms. The number of aryl methyl sites for hydroxylation is 2. The Balaban J connectivity index is 2.80. The summed E-state index contributed by atoms with van der Waals surface area (Å²) in [5.41, 5.74) is 9.19. The lowest BCUT2D eigenvalue weighted by atomic mass is 10.0. The summed E-state index contributed by atoms with van der Waals surface area (Å²) in [6.07, 6.45) is 1.89. The van der Waals surface area contributed by atoms with E-state index in [1.165, 1.54) is 0 Å². The quantitative estimate of drug-likeness (QED) is 0.768. The number of nitrogens with zero attached hydrogens (tertiary/aromatic N) is 2. The first-order valence-corrected chi connectivity index (χ1v) is 5.28. The maximum absolute atomic E-state index is 9.98. The molecule has 4 nitrogen and oxygen atoms in total. The minimum absolute atomic E-state index is 0.593. The number of hydrogen-bond acceptors (Lipinski definition) is 3. The molecular formula is C12H17N3O. The predicted octanol–water partition coefficient (Wildman–Crippen LogP) is 1.76. The SMILES string of the molecule is Cc1nc2c(N)cc(C(C)(C)O)cn2c1C. The van der Waals surface area contributed by atoms with Crippen molar-refractivity contribution in [3.05, 3.63) is 29.2 Å². The summed E-state index contributed by atoms with van der Waals surface area (Å²) < 4.78 is 1.93. The Bertz CT molecular complexity index is 549. The lowest BCUT2D eigenvalue weighted by Crippen LogP contribution is -2.17. The number of aromatic nitrogens is 2. The number of anilines is 1. The van der Waals surface area contributed by atoms with E-state index in [1.807, 2.05) is 24.4 Å². The van der Waals surface area contributed by atoms with Crippen LogP contribution in [0.15, 0.2) is 12.3 Å². The zero-order chi connectivity index (χ0) is 12.1. The van der Waals surface area contributed by atoms with E-state index in [9.17, 15) is 5.11 Å². The average molecular weight is 219 g/mol. The molecule has 2 aromatic rings. The number of rotatable bonds is 1. The molecule has 2 aromatic heterocycles. The van der Waals surface area contributed by atoms with Crippen molar-refractivity contribution in [2.24, 2.45) is 0 Å². The summed E-state index contributed by atoms with van der Waals surface area (Å²) in [5.74, 6) is 0. The van der Waals surface area contributed by atoms with Crippen LogP contribution in [0.5, 0.6) is 0 Å². The van der Waals surface area contributed by atoms with Gasteiger partial charge in [-0.3, -0.25) is 0 Å². The number of hydrogen-bond donors (Lipinski definition) is 2. The molecule has 0 saturated carbocycles. The molecule has 0 aliphatic heterocycles. The number of pyridine rings is 1. The second-order valence-electron chi connectivity index (χ2n) is 4.72. The highest BCUT2D eigenvalue weighted by atomic mass is 16.3. The second kappa shape index (κ2) is 3.22. The Labute approximate surface area is 94.7 Å². The Morgan fingerprint density at radius 3 is 2.56 bits per heavy atom. The van der Waals surface area contributed by atoms with Gasteiger partial charge in [-0.25, -0.2) is 4.98 Å². The molecule has 0 radical (unpaired) electrons. The number of nitrogens with two attached hydrogens (primary N) is 1. The third kappa shape index (κ3) is 1.55.